The van der Waals surface area contributed by atoms with E-state index >= 15 is 0 Å². The van der Waals surface area contributed by atoms with E-state index in [4.69, 9.17) is 4.74 Å². The molecule has 0 aromatic rings. The van der Waals surface area contributed by atoms with Crippen molar-refractivity contribution in [2.75, 3.05) is 26.2 Å². The van der Waals surface area contributed by atoms with E-state index in [9.17, 15) is 4.79 Å². The molecule has 19 heavy (non-hydrogen) atoms. The first-order valence-electron chi connectivity index (χ1n) is 7.26. The van der Waals surface area contributed by atoms with Crippen molar-refractivity contribution in [1.29, 1.82) is 0 Å². The Balaban J connectivity index is 0.000000352. The highest BCUT2D eigenvalue weighted by Crippen LogP contribution is 2.01. The monoisotopic (exact) mass is 274 g/mol. The van der Waals surface area contributed by atoms with Gasteiger partial charge in [0.15, 0.2) is 0 Å². The Hall–Kier alpha value is -0.850. The van der Waals surface area contributed by atoms with E-state index in [0.717, 1.165) is 25.8 Å². The van der Waals surface area contributed by atoms with Gasteiger partial charge in [-0.3, -0.25) is 5.43 Å². The van der Waals surface area contributed by atoms with E-state index in [1.807, 2.05) is 0 Å². The Bertz CT molecular complexity index is 183. The third kappa shape index (κ3) is 11.9. The lowest BCUT2D eigenvalue weighted by molar-refractivity contribution is 0.137. The quantitative estimate of drug-likeness (QED) is 0.542. The van der Waals surface area contributed by atoms with Gasteiger partial charge in [-0.1, -0.05) is 25.7 Å². The Kier molecular flexibility index (Phi) is 13.0. The number of hydrazine groups is 1. The summed E-state index contributed by atoms with van der Waals surface area (Å²) in [6.45, 7) is 3.86. The molecule has 0 saturated carbocycles. The van der Waals surface area contributed by atoms with Crippen molar-refractivity contribution in [3.63, 3.8) is 0 Å². The van der Waals surface area contributed by atoms with Crippen molar-refractivity contribution in [2.45, 2.75) is 51.4 Å². The van der Waals surface area contributed by atoms with Gasteiger partial charge in [0.25, 0.3) is 0 Å². The van der Waals surface area contributed by atoms with Crippen LogP contribution < -0.4 is 22.3 Å². The molecule has 2 heterocycles. The molecular formula is C13H30N4O2. The molecule has 2 aliphatic rings. The van der Waals surface area contributed by atoms with Gasteiger partial charge in [-0.25, -0.2) is 10.2 Å². The molecule has 2 fully saturated rings. The Morgan fingerprint density at radius 3 is 2.05 bits per heavy atom. The van der Waals surface area contributed by atoms with E-state index in [1.165, 1.54) is 45.2 Å². The summed E-state index contributed by atoms with van der Waals surface area (Å²) < 4.78 is 4.81. The molecule has 0 aromatic heterocycles. The second-order valence-corrected chi connectivity index (χ2v) is 4.77. The molecule has 114 valence electrons. The summed E-state index contributed by atoms with van der Waals surface area (Å²) in [5.41, 5.74) is 5.22. The van der Waals surface area contributed by atoms with Crippen LogP contribution in [-0.2, 0) is 4.74 Å². The highest BCUT2D eigenvalue weighted by molar-refractivity contribution is 5.66. The van der Waals surface area contributed by atoms with Crippen LogP contribution in [-0.4, -0.2) is 32.3 Å². The van der Waals surface area contributed by atoms with Crippen LogP contribution >= 0.6 is 0 Å². The number of cyclic esters (lactones) is 1. The van der Waals surface area contributed by atoms with Crippen molar-refractivity contribution in [3.8, 4) is 0 Å². The first-order valence-corrected chi connectivity index (χ1v) is 7.26. The van der Waals surface area contributed by atoms with Crippen LogP contribution in [0.2, 0.25) is 0 Å². The molecule has 0 bridgehead atoms. The summed E-state index contributed by atoms with van der Waals surface area (Å²) in [6, 6.07) is 0. The lowest BCUT2D eigenvalue weighted by atomic mass is 10.2. The average Bonchev–Trinajstić information content (AvgIpc) is 2.70. The smallest absolute Gasteiger partial charge is 0.421 e. The van der Waals surface area contributed by atoms with Crippen LogP contribution in [0, 0.1) is 0 Å². The molecule has 6 nitrogen and oxygen atoms in total. The summed E-state index contributed by atoms with van der Waals surface area (Å²) in [5, 5.41) is 3.35. The molecule has 2 aliphatic heterocycles. The van der Waals surface area contributed by atoms with Crippen LogP contribution in [0.25, 0.3) is 0 Å². The fraction of sp³-hybridized carbons (Fsp3) is 0.923. The second-order valence-electron chi connectivity index (χ2n) is 4.77. The standard InChI is InChI=1S/C7H14N2O2.C6H13N.H3N/c10-7-9-8-5-3-1-2-4-6-11-7;1-2-4-6-7-5-3-1;/h8H,1-6H2,(H,9,10);7H,1-6H2;1H3. The molecule has 6 heteroatoms. The maximum absolute atomic E-state index is 10.7. The minimum absolute atomic E-state index is 0. The van der Waals surface area contributed by atoms with Crippen LogP contribution in [0.1, 0.15) is 51.4 Å². The van der Waals surface area contributed by atoms with Crippen molar-refractivity contribution < 1.29 is 9.53 Å². The predicted octanol–water partition coefficient (Wildman–Crippen LogP) is 2.10. The van der Waals surface area contributed by atoms with Gasteiger partial charge in [0, 0.05) is 6.54 Å². The molecule has 0 spiro atoms. The van der Waals surface area contributed by atoms with Gasteiger partial charge in [0.1, 0.15) is 0 Å². The van der Waals surface area contributed by atoms with Gasteiger partial charge >= 0.3 is 6.09 Å². The summed E-state index contributed by atoms with van der Waals surface area (Å²) in [4.78, 5) is 10.7. The molecule has 0 radical (unpaired) electrons. The molecule has 1 amide bonds. The van der Waals surface area contributed by atoms with Crippen LogP contribution in [0.4, 0.5) is 4.79 Å². The first kappa shape index (κ1) is 18.1. The molecule has 6 N–H and O–H groups in total. The molecule has 0 aliphatic carbocycles. The van der Waals surface area contributed by atoms with Crippen LogP contribution in [0.3, 0.4) is 0 Å². The normalized spacial score (nSPS) is 21.4. The minimum Gasteiger partial charge on any atom is -0.449 e. The molecule has 0 unspecified atom stereocenters. The van der Waals surface area contributed by atoms with E-state index in [0.29, 0.717) is 6.61 Å². The summed E-state index contributed by atoms with van der Waals surface area (Å²) in [6.07, 6.45) is 9.72. The third-order valence-electron chi connectivity index (χ3n) is 3.08. The number of nitrogens with one attached hydrogen (secondary N) is 3. The van der Waals surface area contributed by atoms with E-state index in [2.05, 4.69) is 16.2 Å². The number of hydrogen-bond acceptors (Lipinski definition) is 5. The summed E-state index contributed by atoms with van der Waals surface area (Å²) in [7, 11) is 0. The number of carbonyl (C=O) groups is 1. The topological polar surface area (TPSA) is 97.4 Å². The summed E-state index contributed by atoms with van der Waals surface area (Å²) >= 11 is 0. The SMILES string of the molecule is C1CCCNCC1.N.O=C1NNCCCCCCO1. The molecule has 2 rings (SSSR count). The maximum atomic E-state index is 10.7. The fourth-order valence-corrected chi connectivity index (χ4v) is 1.98. The van der Waals surface area contributed by atoms with Crippen LogP contribution in [0.5, 0.6) is 0 Å². The lowest BCUT2D eigenvalue weighted by Crippen LogP contribution is -2.38. The predicted molar refractivity (Wildman–Crippen MR) is 77.3 cm³/mol. The number of rotatable bonds is 0. The maximum Gasteiger partial charge on any atom is 0.421 e. The molecule has 0 aromatic carbocycles. The van der Waals surface area contributed by atoms with E-state index in [-0.39, 0.29) is 12.2 Å². The zero-order valence-electron chi connectivity index (χ0n) is 12.0. The van der Waals surface area contributed by atoms with Crippen molar-refractivity contribution in [3.05, 3.63) is 0 Å². The number of carbonyl (C=O) groups excluding carboxylic acids is 1. The molecule has 0 atom stereocenters. The van der Waals surface area contributed by atoms with Crippen molar-refractivity contribution in [1.82, 2.24) is 22.3 Å². The summed E-state index contributed by atoms with van der Waals surface area (Å²) in [5.74, 6) is 0. The van der Waals surface area contributed by atoms with E-state index in [1.54, 1.807) is 0 Å². The van der Waals surface area contributed by atoms with Gasteiger partial charge in [-0.2, -0.15) is 0 Å². The zero-order valence-corrected chi connectivity index (χ0v) is 12.0. The Morgan fingerprint density at radius 2 is 1.37 bits per heavy atom. The van der Waals surface area contributed by atoms with Gasteiger partial charge in [-0.05, 0) is 38.8 Å². The average molecular weight is 274 g/mol. The highest BCUT2D eigenvalue weighted by Gasteiger charge is 2.01. The number of ether oxygens (including phenoxy) is 1. The van der Waals surface area contributed by atoms with Crippen molar-refractivity contribution >= 4 is 6.09 Å². The fourth-order valence-electron chi connectivity index (χ4n) is 1.98. The van der Waals surface area contributed by atoms with Crippen molar-refractivity contribution in [2.24, 2.45) is 0 Å². The third-order valence-corrected chi connectivity index (χ3v) is 3.08. The lowest BCUT2D eigenvalue weighted by Gasteiger charge is -2.10. The Morgan fingerprint density at radius 1 is 0.789 bits per heavy atom. The number of amides is 1. The van der Waals surface area contributed by atoms with E-state index < -0.39 is 0 Å². The zero-order chi connectivity index (χ0) is 12.9. The highest BCUT2D eigenvalue weighted by atomic mass is 16.6. The van der Waals surface area contributed by atoms with Gasteiger partial charge in [0.2, 0.25) is 0 Å². The van der Waals surface area contributed by atoms with Crippen LogP contribution in [0.15, 0.2) is 0 Å². The minimum atomic E-state index is -0.369. The van der Waals surface area contributed by atoms with Gasteiger partial charge < -0.3 is 16.2 Å². The Labute approximate surface area is 116 Å². The van der Waals surface area contributed by atoms with Gasteiger partial charge in [0.05, 0.1) is 6.61 Å². The first-order chi connectivity index (χ1) is 8.89. The number of hydrogen-bond donors (Lipinski definition) is 4. The van der Waals surface area contributed by atoms with Gasteiger partial charge in [-0.15, -0.1) is 0 Å². The molecule has 2 saturated heterocycles. The second kappa shape index (κ2) is 13.6. The molecular weight excluding hydrogens is 244 g/mol. The largest absolute Gasteiger partial charge is 0.449 e.